The molecule has 0 aliphatic heterocycles. The van der Waals surface area contributed by atoms with Crippen molar-refractivity contribution in [3.05, 3.63) is 29.6 Å². The van der Waals surface area contributed by atoms with Gasteiger partial charge in [0.2, 0.25) is 0 Å². The molecule has 0 aromatic carbocycles. The van der Waals surface area contributed by atoms with E-state index in [1.54, 1.807) is 12.4 Å². The lowest BCUT2D eigenvalue weighted by atomic mass is 10.2. The molecule has 1 rings (SSSR count). The Balaban J connectivity index is 2.51. The fourth-order valence-corrected chi connectivity index (χ4v) is 2.74. The summed E-state index contributed by atoms with van der Waals surface area (Å²) in [6.07, 6.45) is 3.58. The SMILES string of the molecule is Cc1cncc(CS(=O)CC(C)CN)c1. The molecule has 0 aliphatic carbocycles. The maximum Gasteiger partial charge on any atom is 0.0501 e. The normalized spacial score (nSPS) is 14.9. The van der Waals surface area contributed by atoms with E-state index < -0.39 is 10.8 Å². The monoisotopic (exact) mass is 226 g/mol. The number of hydrogen-bond acceptors (Lipinski definition) is 3. The standard InChI is InChI=1S/C11H18N2OS/c1-9-3-11(6-13-5-9)8-15(14)7-10(2)4-12/h3,5-6,10H,4,7-8,12H2,1-2H3. The number of aromatic nitrogens is 1. The quantitative estimate of drug-likeness (QED) is 0.821. The van der Waals surface area contributed by atoms with Crippen LogP contribution in [0.2, 0.25) is 0 Å². The van der Waals surface area contributed by atoms with Gasteiger partial charge < -0.3 is 5.73 Å². The maximum absolute atomic E-state index is 11.7. The van der Waals surface area contributed by atoms with Gasteiger partial charge in [0.15, 0.2) is 0 Å². The molecule has 0 bridgehead atoms. The predicted octanol–water partition coefficient (Wildman–Crippen LogP) is 1.23. The molecule has 3 nitrogen and oxygen atoms in total. The van der Waals surface area contributed by atoms with Gasteiger partial charge in [-0.25, -0.2) is 0 Å². The summed E-state index contributed by atoms with van der Waals surface area (Å²) < 4.78 is 11.7. The van der Waals surface area contributed by atoms with Gasteiger partial charge in [-0.1, -0.05) is 13.0 Å². The van der Waals surface area contributed by atoms with Crippen LogP contribution in [0.3, 0.4) is 0 Å². The molecule has 0 spiro atoms. The molecule has 0 saturated heterocycles. The van der Waals surface area contributed by atoms with Crippen LogP contribution < -0.4 is 5.73 Å². The smallest absolute Gasteiger partial charge is 0.0501 e. The highest BCUT2D eigenvalue weighted by Gasteiger charge is 2.07. The van der Waals surface area contributed by atoms with Gasteiger partial charge in [0.05, 0.1) is 5.75 Å². The second kappa shape index (κ2) is 5.98. The van der Waals surface area contributed by atoms with Crippen LogP contribution in [0.5, 0.6) is 0 Å². The van der Waals surface area contributed by atoms with Gasteiger partial charge in [-0.15, -0.1) is 0 Å². The Morgan fingerprint density at radius 2 is 2.27 bits per heavy atom. The zero-order valence-electron chi connectivity index (χ0n) is 9.27. The van der Waals surface area contributed by atoms with E-state index in [0.717, 1.165) is 11.1 Å². The van der Waals surface area contributed by atoms with E-state index in [2.05, 4.69) is 4.98 Å². The summed E-state index contributed by atoms with van der Waals surface area (Å²) in [5, 5.41) is 0. The molecule has 2 unspecified atom stereocenters. The third kappa shape index (κ3) is 4.53. The van der Waals surface area contributed by atoms with Gasteiger partial charge in [-0.2, -0.15) is 0 Å². The first-order valence-corrected chi connectivity index (χ1v) is 6.56. The van der Waals surface area contributed by atoms with Crippen molar-refractivity contribution in [2.75, 3.05) is 12.3 Å². The largest absolute Gasteiger partial charge is 0.330 e. The van der Waals surface area contributed by atoms with Crippen LogP contribution in [0.25, 0.3) is 0 Å². The van der Waals surface area contributed by atoms with Gasteiger partial charge in [0.1, 0.15) is 0 Å². The lowest BCUT2D eigenvalue weighted by Crippen LogP contribution is -2.18. The minimum atomic E-state index is -0.829. The molecule has 84 valence electrons. The van der Waals surface area contributed by atoms with Gasteiger partial charge >= 0.3 is 0 Å². The summed E-state index contributed by atoms with van der Waals surface area (Å²) in [6.45, 7) is 4.60. The molecule has 0 amide bonds. The zero-order chi connectivity index (χ0) is 11.3. The van der Waals surface area contributed by atoms with Crippen molar-refractivity contribution < 1.29 is 4.21 Å². The Labute approximate surface area is 93.6 Å². The average Bonchev–Trinajstić information content (AvgIpc) is 2.17. The lowest BCUT2D eigenvalue weighted by molar-refractivity contribution is 0.640. The summed E-state index contributed by atoms with van der Waals surface area (Å²) in [7, 11) is -0.829. The van der Waals surface area contributed by atoms with Crippen LogP contribution >= 0.6 is 0 Å². The molecule has 0 aliphatic rings. The van der Waals surface area contributed by atoms with Crippen molar-refractivity contribution >= 4 is 10.8 Å². The Hall–Kier alpha value is -0.740. The lowest BCUT2D eigenvalue weighted by Gasteiger charge is -2.08. The summed E-state index contributed by atoms with van der Waals surface area (Å²) in [6, 6.07) is 2.03. The fourth-order valence-electron chi connectivity index (χ4n) is 1.33. The second-order valence-corrected chi connectivity index (χ2v) is 5.46. The molecule has 0 saturated carbocycles. The molecule has 1 heterocycles. The number of rotatable bonds is 5. The summed E-state index contributed by atoms with van der Waals surface area (Å²) >= 11 is 0. The first-order valence-electron chi connectivity index (χ1n) is 5.07. The molecule has 2 N–H and O–H groups in total. The van der Waals surface area contributed by atoms with Crippen LogP contribution in [0.15, 0.2) is 18.5 Å². The Morgan fingerprint density at radius 1 is 1.53 bits per heavy atom. The molecule has 1 aromatic rings. The van der Waals surface area contributed by atoms with Crippen molar-refractivity contribution in [2.45, 2.75) is 19.6 Å². The zero-order valence-corrected chi connectivity index (χ0v) is 10.1. The van der Waals surface area contributed by atoms with Crippen LogP contribution in [0, 0.1) is 12.8 Å². The molecule has 4 heteroatoms. The van der Waals surface area contributed by atoms with Gasteiger partial charge in [0.25, 0.3) is 0 Å². The topological polar surface area (TPSA) is 56.0 Å². The molecular weight excluding hydrogens is 208 g/mol. The number of aryl methyl sites for hydroxylation is 1. The van der Waals surface area contributed by atoms with Crippen molar-refractivity contribution in [3.8, 4) is 0 Å². The molecule has 2 atom stereocenters. The van der Waals surface area contributed by atoms with Crippen molar-refractivity contribution in [2.24, 2.45) is 11.7 Å². The molecule has 0 radical (unpaired) electrons. The van der Waals surface area contributed by atoms with Crippen LogP contribution in [-0.4, -0.2) is 21.5 Å². The average molecular weight is 226 g/mol. The predicted molar refractivity (Wildman–Crippen MR) is 63.9 cm³/mol. The van der Waals surface area contributed by atoms with E-state index in [1.807, 2.05) is 19.9 Å². The summed E-state index contributed by atoms with van der Waals surface area (Å²) in [5.74, 6) is 1.58. The third-order valence-electron chi connectivity index (χ3n) is 2.13. The minimum absolute atomic E-state index is 0.323. The van der Waals surface area contributed by atoms with E-state index in [0.29, 0.717) is 24.0 Å². The van der Waals surface area contributed by atoms with E-state index in [-0.39, 0.29) is 0 Å². The van der Waals surface area contributed by atoms with Gasteiger partial charge in [-0.3, -0.25) is 9.19 Å². The Kier molecular flexibility index (Phi) is 4.91. The number of nitrogens with two attached hydrogens (primary N) is 1. The molecular formula is C11H18N2OS. The Bertz CT molecular complexity index is 341. The van der Waals surface area contributed by atoms with E-state index in [1.165, 1.54) is 0 Å². The van der Waals surface area contributed by atoms with Crippen LogP contribution in [-0.2, 0) is 16.6 Å². The molecule has 15 heavy (non-hydrogen) atoms. The maximum atomic E-state index is 11.7. The van der Waals surface area contributed by atoms with E-state index in [4.69, 9.17) is 5.73 Å². The first kappa shape index (κ1) is 12.3. The third-order valence-corrected chi connectivity index (χ3v) is 3.73. The number of nitrogens with zero attached hydrogens (tertiary/aromatic N) is 1. The number of pyridine rings is 1. The fraction of sp³-hybridized carbons (Fsp3) is 0.545. The molecule has 0 fully saturated rings. The first-order chi connectivity index (χ1) is 7.11. The summed E-state index contributed by atoms with van der Waals surface area (Å²) in [4.78, 5) is 4.08. The highest BCUT2D eigenvalue weighted by Crippen LogP contribution is 2.06. The van der Waals surface area contributed by atoms with Crippen molar-refractivity contribution in [1.82, 2.24) is 4.98 Å². The van der Waals surface area contributed by atoms with Crippen molar-refractivity contribution in [3.63, 3.8) is 0 Å². The van der Waals surface area contributed by atoms with Crippen molar-refractivity contribution in [1.29, 1.82) is 0 Å². The Morgan fingerprint density at radius 3 is 2.87 bits per heavy atom. The van der Waals surface area contributed by atoms with E-state index >= 15 is 0 Å². The van der Waals surface area contributed by atoms with Gasteiger partial charge in [-0.05, 0) is 30.5 Å². The van der Waals surface area contributed by atoms with Gasteiger partial charge in [0, 0.05) is 28.9 Å². The highest BCUT2D eigenvalue weighted by atomic mass is 32.2. The summed E-state index contributed by atoms with van der Waals surface area (Å²) in [5.41, 5.74) is 7.64. The number of hydrogen-bond donors (Lipinski definition) is 1. The highest BCUT2D eigenvalue weighted by molar-refractivity contribution is 7.84. The minimum Gasteiger partial charge on any atom is -0.330 e. The second-order valence-electron chi connectivity index (χ2n) is 3.96. The van der Waals surface area contributed by atoms with E-state index in [9.17, 15) is 4.21 Å². The van der Waals surface area contributed by atoms with Crippen LogP contribution in [0.1, 0.15) is 18.1 Å². The molecule has 1 aromatic heterocycles. The van der Waals surface area contributed by atoms with Crippen LogP contribution in [0.4, 0.5) is 0 Å².